The van der Waals surface area contributed by atoms with Gasteiger partial charge in [0.25, 0.3) is 0 Å². The summed E-state index contributed by atoms with van der Waals surface area (Å²) in [5, 5.41) is 12.4. The van der Waals surface area contributed by atoms with Crippen molar-refractivity contribution >= 4 is 11.6 Å². The Kier molecular flexibility index (Phi) is 2.97. The number of hydrogen-bond donors (Lipinski definition) is 2. The van der Waals surface area contributed by atoms with Crippen molar-refractivity contribution in [1.29, 1.82) is 0 Å². The summed E-state index contributed by atoms with van der Waals surface area (Å²) in [7, 11) is 0. The molecule has 0 spiro atoms. The molecule has 0 saturated carbocycles. The fourth-order valence-electron chi connectivity index (χ4n) is 2.78. The van der Waals surface area contributed by atoms with Crippen LogP contribution < -0.4 is 5.32 Å². The number of carbonyl (C=O) groups excluding carboxylic acids is 1. The zero-order valence-electron chi connectivity index (χ0n) is 11.6. The molecule has 3 heteroatoms. The van der Waals surface area contributed by atoms with Gasteiger partial charge in [0, 0.05) is 18.0 Å². The summed E-state index contributed by atoms with van der Waals surface area (Å²) < 4.78 is 0. The summed E-state index contributed by atoms with van der Waals surface area (Å²) in [6.07, 6.45) is 0.445. The van der Waals surface area contributed by atoms with Gasteiger partial charge in [0.15, 0.2) is 0 Å². The van der Waals surface area contributed by atoms with Crippen molar-refractivity contribution in [3.05, 3.63) is 58.7 Å². The molecule has 0 radical (unpaired) electrons. The lowest BCUT2D eigenvalue weighted by atomic mass is 9.83. The standard InChI is InChI=1S/C17H17NO2/c1-10-3-8-14-15(12-4-6-13(19)7-5-12)9-16(20)18-17(14)11(10)2/h3-8,15,19H,9H2,1-2H3,(H,18,20). The molecule has 102 valence electrons. The predicted octanol–water partition coefficient (Wildman–Crippen LogP) is 3.48. The monoisotopic (exact) mass is 267 g/mol. The van der Waals surface area contributed by atoms with Crippen LogP contribution in [0.2, 0.25) is 0 Å². The van der Waals surface area contributed by atoms with Crippen LogP contribution in [0.4, 0.5) is 5.69 Å². The largest absolute Gasteiger partial charge is 0.508 e. The van der Waals surface area contributed by atoms with Crippen molar-refractivity contribution in [2.75, 3.05) is 5.32 Å². The van der Waals surface area contributed by atoms with Crippen molar-refractivity contribution in [2.45, 2.75) is 26.2 Å². The predicted molar refractivity (Wildman–Crippen MR) is 79.1 cm³/mol. The van der Waals surface area contributed by atoms with Crippen molar-refractivity contribution in [2.24, 2.45) is 0 Å². The van der Waals surface area contributed by atoms with Crippen LogP contribution >= 0.6 is 0 Å². The number of fused-ring (bicyclic) bond motifs is 1. The van der Waals surface area contributed by atoms with Gasteiger partial charge in [-0.2, -0.15) is 0 Å². The van der Waals surface area contributed by atoms with Gasteiger partial charge < -0.3 is 10.4 Å². The highest BCUT2D eigenvalue weighted by Gasteiger charge is 2.27. The number of aryl methyl sites for hydroxylation is 1. The van der Waals surface area contributed by atoms with Gasteiger partial charge >= 0.3 is 0 Å². The molecule has 1 heterocycles. The van der Waals surface area contributed by atoms with Gasteiger partial charge in [0.05, 0.1) is 0 Å². The van der Waals surface area contributed by atoms with Gasteiger partial charge in [-0.25, -0.2) is 0 Å². The van der Waals surface area contributed by atoms with Crippen LogP contribution in [-0.2, 0) is 4.79 Å². The molecule has 2 N–H and O–H groups in total. The third-order valence-corrected chi connectivity index (χ3v) is 4.09. The number of hydrogen-bond acceptors (Lipinski definition) is 2. The average molecular weight is 267 g/mol. The van der Waals surface area contributed by atoms with Crippen LogP contribution in [-0.4, -0.2) is 11.0 Å². The van der Waals surface area contributed by atoms with Crippen LogP contribution in [0.15, 0.2) is 36.4 Å². The van der Waals surface area contributed by atoms with Gasteiger partial charge in [-0.05, 0) is 48.2 Å². The molecule has 1 unspecified atom stereocenters. The number of anilines is 1. The minimum Gasteiger partial charge on any atom is -0.508 e. The van der Waals surface area contributed by atoms with E-state index in [-0.39, 0.29) is 17.6 Å². The van der Waals surface area contributed by atoms with Gasteiger partial charge in [-0.3, -0.25) is 4.79 Å². The summed E-state index contributed by atoms with van der Waals surface area (Å²) in [5.41, 5.74) is 5.45. The van der Waals surface area contributed by atoms with E-state index >= 15 is 0 Å². The first-order chi connectivity index (χ1) is 9.56. The molecule has 20 heavy (non-hydrogen) atoms. The first-order valence-electron chi connectivity index (χ1n) is 6.75. The van der Waals surface area contributed by atoms with Gasteiger partial charge in [0.1, 0.15) is 5.75 Å². The van der Waals surface area contributed by atoms with Crippen molar-refractivity contribution in [3.8, 4) is 5.75 Å². The molecule has 0 bridgehead atoms. The topological polar surface area (TPSA) is 49.3 Å². The van der Waals surface area contributed by atoms with Crippen LogP contribution in [0.1, 0.15) is 34.6 Å². The molecule has 0 aromatic heterocycles. The lowest BCUT2D eigenvalue weighted by molar-refractivity contribution is -0.116. The summed E-state index contributed by atoms with van der Waals surface area (Å²) in [6.45, 7) is 4.08. The third-order valence-electron chi connectivity index (χ3n) is 4.09. The fraction of sp³-hybridized carbons (Fsp3) is 0.235. The van der Waals surface area contributed by atoms with Crippen molar-refractivity contribution < 1.29 is 9.90 Å². The van der Waals surface area contributed by atoms with Crippen LogP contribution in [0.25, 0.3) is 0 Å². The molecular weight excluding hydrogens is 250 g/mol. The molecule has 3 rings (SSSR count). The van der Waals surface area contributed by atoms with E-state index in [9.17, 15) is 9.90 Å². The van der Waals surface area contributed by atoms with Crippen molar-refractivity contribution in [1.82, 2.24) is 0 Å². The Labute approximate surface area is 118 Å². The summed E-state index contributed by atoms with van der Waals surface area (Å²) in [4.78, 5) is 12.0. The number of phenols is 1. The number of amides is 1. The highest BCUT2D eigenvalue weighted by Crippen LogP contribution is 2.39. The van der Waals surface area contributed by atoms with E-state index in [2.05, 4.69) is 17.4 Å². The number of benzene rings is 2. The molecule has 0 fully saturated rings. The molecule has 1 aliphatic heterocycles. The van der Waals surface area contributed by atoms with E-state index in [1.165, 1.54) is 5.56 Å². The molecule has 2 aromatic carbocycles. The maximum absolute atomic E-state index is 12.0. The number of aromatic hydroxyl groups is 1. The van der Waals surface area contributed by atoms with E-state index in [4.69, 9.17) is 0 Å². The fourth-order valence-corrected chi connectivity index (χ4v) is 2.78. The molecule has 3 nitrogen and oxygen atoms in total. The average Bonchev–Trinajstić information content (AvgIpc) is 2.43. The Morgan fingerprint density at radius 3 is 2.50 bits per heavy atom. The highest BCUT2D eigenvalue weighted by molar-refractivity contribution is 5.96. The molecular formula is C17H17NO2. The van der Waals surface area contributed by atoms with E-state index in [0.717, 1.165) is 22.4 Å². The zero-order valence-corrected chi connectivity index (χ0v) is 11.6. The SMILES string of the molecule is Cc1ccc2c(c1C)NC(=O)CC2c1ccc(O)cc1. The Hall–Kier alpha value is -2.29. The second-order valence-corrected chi connectivity index (χ2v) is 5.37. The first-order valence-corrected chi connectivity index (χ1v) is 6.75. The minimum absolute atomic E-state index is 0.0456. The number of rotatable bonds is 1. The highest BCUT2D eigenvalue weighted by atomic mass is 16.3. The normalized spacial score (nSPS) is 17.5. The molecule has 0 aliphatic carbocycles. The summed E-state index contributed by atoms with van der Waals surface area (Å²) in [5.74, 6) is 0.345. The Balaban J connectivity index is 2.13. The maximum atomic E-state index is 12.0. The second-order valence-electron chi connectivity index (χ2n) is 5.37. The number of carbonyl (C=O) groups is 1. The number of phenolic OH excluding ortho intramolecular Hbond substituents is 1. The molecule has 1 amide bonds. The van der Waals surface area contributed by atoms with Crippen LogP contribution in [0.3, 0.4) is 0 Å². The molecule has 2 aromatic rings. The Morgan fingerprint density at radius 1 is 1.10 bits per heavy atom. The van der Waals surface area contributed by atoms with Gasteiger partial charge in [0.2, 0.25) is 5.91 Å². The molecule has 1 atom stereocenters. The quantitative estimate of drug-likeness (QED) is 0.831. The lowest BCUT2D eigenvalue weighted by Crippen LogP contribution is -2.24. The summed E-state index contributed by atoms with van der Waals surface area (Å²) in [6, 6.07) is 11.3. The minimum atomic E-state index is 0.0456. The first kappa shape index (κ1) is 12.7. The van der Waals surface area contributed by atoms with Crippen molar-refractivity contribution in [3.63, 3.8) is 0 Å². The number of nitrogens with one attached hydrogen (secondary N) is 1. The van der Waals surface area contributed by atoms with Crippen LogP contribution in [0.5, 0.6) is 5.75 Å². The Morgan fingerprint density at radius 2 is 1.80 bits per heavy atom. The third kappa shape index (κ3) is 2.05. The molecule has 0 saturated heterocycles. The van der Waals surface area contributed by atoms with E-state index in [0.29, 0.717) is 6.42 Å². The van der Waals surface area contributed by atoms with E-state index in [1.54, 1.807) is 12.1 Å². The maximum Gasteiger partial charge on any atom is 0.225 e. The van der Waals surface area contributed by atoms with E-state index < -0.39 is 0 Å². The molecule has 1 aliphatic rings. The zero-order chi connectivity index (χ0) is 14.3. The van der Waals surface area contributed by atoms with Crippen LogP contribution in [0, 0.1) is 13.8 Å². The Bertz CT molecular complexity index is 674. The smallest absolute Gasteiger partial charge is 0.225 e. The lowest BCUT2D eigenvalue weighted by Gasteiger charge is -2.28. The van der Waals surface area contributed by atoms with Gasteiger partial charge in [-0.15, -0.1) is 0 Å². The van der Waals surface area contributed by atoms with Gasteiger partial charge in [-0.1, -0.05) is 24.3 Å². The summed E-state index contributed by atoms with van der Waals surface area (Å²) >= 11 is 0. The second kappa shape index (κ2) is 4.67. The van der Waals surface area contributed by atoms with E-state index in [1.807, 2.05) is 26.0 Å².